The Hall–Kier alpha value is -2.87. The number of carbonyl (C=O) groups excluding carboxylic acids is 1. The van der Waals surface area contributed by atoms with E-state index in [1.807, 2.05) is 26.8 Å². The Morgan fingerprint density at radius 1 is 1.29 bits per heavy atom. The van der Waals surface area contributed by atoms with Gasteiger partial charge in [0.15, 0.2) is 11.5 Å². The third-order valence-corrected chi connectivity index (χ3v) is 5.26. The van der Waals surface area contributed by atoms with Crippen molar-refractivity contribution in [2.45, 2.75) is 27.2 Å². The van der Waals surface area contributed by atoms with Gasteiger partial charge < -0.3 is 9.47 Å². The minimum absolute atomic E-state index is 0.307. The van der Waals surface area contributed by atoms with Crippen LogP contribution in [0.1, 0.15) is 36.0 Å². The molecule has 1 amide bonds. The normalized spacial score (nSPS) is 11.0. The van der Waals surface area contributed by atoms with E-state index in [1.54, 1.807) is 18.2 Å². The molecule has 0 aliphatic rings. The lowest BCUT2D eigenvalue weighted by Gasteiger charge is -2.14. The zero-order chi connectivity index (χ0) is 20.3. The molecule has 148 valence electrons. The highest BCUT2D eigenvalue weighted by Gasteiger charge is 2.14. The van der Waals surface area contributed by atoms with Crippen LogP contribution in [0.4, 0.5) is 0 Å². The summed E-state index contributed by atoms with van der Waals surface area (Å²) in [6, 6.07) is 6.72. The molecule has 0 saturated heterocycles. The number of hydrogen-bond acceptors (Lipinski definition) is 6. The van der Waals surface area contributed by atoms with E-state index in [-0.39, 0.29) is 5.56 Å². The number of ether oxygens (including phenoxy) is 2. The van der Waals surface area contributed by atoms with E-state index in [9.17, 15) is 9.59 Å². The van der Waals surface area contributed by atoms with E-state index >= 15 is 0 Å². The molecule has 0 unspecified atom stereocenters. The summed E-state index contributed by atoms with van der Waals surface area (Å²) >= 11 is 1.48. The van der Waals surface area contributed by atoms with Crippen LogP contribution < -0.4 is 20.5 Å². The van der Waals surface area contributed by atoms with Gasteiger partial charge in [0.05, 0.1) is 19.1 Å². The number of carbonyl (C=O) groups is 1. The number of benzene rings is 1. The van der Waals surface area contributed by atoms with Crippen LogP contribution >= 0.6 is 11.3 Å². The molecule has 1 N–H and O–H groups in total. The number of fused-ring (bicyclic) bond motifs is 1. The lowest BCUT2D eigenvalue weighted by Crippen LogP contribution is -2.33. The molecule has 0 bridgehead atoms. The summed E-state index contributed by atoms with van der Waals surface area (Å²) in [6.07, 6.45) is 2.16. The van der Waals surface area contributed by atoms with Crippen molar-refractivity contribution in [1.29, 1.82) is 0 Å². The topological polar surface area (TPSA) is 82.5 Å². The number of hydrogen-bond donors (Lipinski definition) is 1. The first kappa shape index (κ1) is 19.9. The van der Waals surface area contributed by atoms with Crippen LogP contribution in [0.2, 0.25) is 0 Å². The summed E-state index contributed by atoms with van der Waals surface area (Å²) in [6.45, 7) is 6.66. The van der Waals surface area contributed by atoms with Crippen LogP contribution in [0.3, 0.4) is 0 Å². The maximum atomic E-state index is 12.6. The zero-order valence-corrected chi connectivity index (χ0v) is 17.1. The van der Waals surface area contributed by atoms with Crippen molar-refractivity contribution in [3.8, 4) is 11.5 Å². The van der Waals surface area contributed by atoms with Crippen LogP contribution in [-0.4, -0.2) is 29.3 Å². The molecule has 0 radical (unpaired) electrons. The van der Waals surface area contributed by atoms with Crippen molar-refractivity contribution in [1.82, 2.24) is 9.66 Å². The molecule has 0 aliphatic heterocycles. The second kappa shape index (κ2) is 8.43. The molecule has 0 fully saturated rings. The minimum atomic E-state index is -0.442. The van der Waals surface area contributed by atoms with Crippen LogP contribution in [0.15, 0.2) is 35.4 Å². The predicted octanol–water partition coefficient (Wildman–Crippen LogP) is 3.45. The number of aryl methyl sites for hydroxylation is 1. The van der Waals surface area contributed by atoms with Gasteiger partial charge in [-0.15, -0.1) is 11.3 Å². The largest absolute Gasteiger partial charge is 0.493 e. The quantitative estimate of drug-likeness (QED) is 0.656. The fourth-order valence-electron chi connectivity index (χ4n) is 2.59. The number of aromatic nitrogens is 2. The molecule has 3 rings (SSSR count). The minimum Gasteiger partial charge on any atom is -0.493 e. The Labute approximate surface area is 166 Å². The first-order valence-electron chi connectivity index (χ1n) is 9.05. The molecular formula is C20H23N3O4S. The van der Waals surface area contributed by atoms with Crippen molar-refractivity contribution in [2.24, 2.45) is 5.92 Å². The molecule has 0 atom stereocenters. The van der Waals surface area contributed by atoms with Gasteiger partial charge in [-0.2, -0.15) is 0 Å². The third kappa shape index (κ3) is 4.17. The Morgan fingerprint density at radius 2 is 2.07 bits per heavy atom. The fraction of sp³-hybridized carbons (Fsp3) is 0.350. The molecule has 1 aromatic carbocycles. The van der Waals surface area contributed by atoms with Crippen LogP contribution in [0.25, 0.3) is 10.2 Å². The molecule has 8 heteroatoms. The second-order valence-electron chi connectivity index (χ2n) is 6.72. The standard InChI is InChI=1S/C20H23N3O4S/c1-5-14-9-15-19(28-14)21-11-23(20(15)25)22-18(24)13-6-7-16(17(8-13)26-4)27-10-12(2)3/h6-9,11-12H,5,10H2,1-4H3,(H,22,24). The van der Waals surface area contributed by atoms with E-state index < -0.39 is 5.91 Å². The highest BCUT2D eigenvalue weighted by atomic mass is 32.1. The number of amides is 1. The van der Waals surface area contributed by atoms with Gasteiger partial charge in [-0.25, -0.2) is 9.66 Å². The summed E-state index contributed by atoms with van der Waals surface area (Å²) in [5, 5.41) is 0.500. The van der Waals surface area contributed by atoms with Gasteiger partial charge in [0.25, 0.3) is 11.5 Å². The number of rotatable bonds is 7. The summed E-state index contributed by atoms with van der Waals surface area (Å²) in [5.41, 5.74) is 2.62. The van der Waals surface area contributed by atoms with Crippen molar-refractivity contribution in [3.05, 3.63) is 51.4 Å². The molecule has 3 aromatic rings. The van der Waals surface area contributed by atoms with Crippen molar-refractivity contribution in [3.63, 3.8) is 0 Å². The second-order valence-corrected chi connectivity index (χ2v) is 7.83. The summed E-state index contributed by atoms with van der Waals surface area (Å²) in [7, 11) is 1.52. The van der Waals surface area contributed by atoms with Gasteiger partial charge in [0.1, 0.15) is 11.2 Å². The molecule has 28 heavy (non-hydrogen) atoms. The van der Waals surface area contributed by atoms with Gasteiger partial charge >= 0.3 is 0 Å². The lowest BCUT2D eigenvalue weighted by atomic mass is 10.2. The van der Waals surface area contributed by atoms with Gasteiger partial charge in [-0.3, -0.25) is 15.0 Å². The number of nitrogens with one attached hydrogen (secondary N) is 1. The molecular weight excluding hydrogens is 378 g/mol. The lowest BCUT2D eigenvalue weighted by molar-refractivity contribution is 0.101. The maximum absolute atomic E-state index is 12.6. The molecule has 0 spiro atoms. The summed E-state index contributed by atoms with van der Waals surface area (Å²) < 4.78 is 12.1. The van der Waals surface area contributed by atoms with E-state index in [0.29, 0.717) is 39.8 Å². The Balaban J connectivity index is 1.83. The Kier molecular flexibility index (Phi) is 5.99. The number of nitrogens with zero attached hydrogens (tertiary/aromatic N) is 2. The van der Waals surface area contributed by atoms with Crippen LogP contribution in [0.5, 0.6) is 11.5 Å². The molecule has 0 saturated carbocycles. The third-order valence-electron chi connectivity index (χ3n) is 4.07. The number of methoxy groups -OCH3 is 1. The molecule has 2 aromatic heterocycles. The van der Waals surface area contributed by atoms with Crippen molar-refractivity contribution < 1.29 is 14.3 Å². The maximum Gasteiger partial charge on any atom is 0.280 e. The van der Waals surface area contributed by atoms with Crippen molar-refractivity contribution in [2.75, 3.05) is 19.1 Å². The summed E-state index contributed by atoms with van der Waals surface area (Å²) in [5.74, 6) is 0.952. The number of thiophene rings is 1. The monoisotopic (exact) mass is 401 g/mol. The molecule has 2 heterocycles. The summed E-state index contributed by atoms with van der Waals surface area (Å²) in [4.78, 5) is 31.2. The first-order valence-corrected chi connectivity index (χ1v) is 9.86. The average Bonchev–Trinajstić information content (AvgIpc) is 3.12. The van der Waals surface area contributed by atoms with E-state index in [4.69, 9.17) is 9.47 Å². The van der Waals surface area contributed by atoms with Gasteiger partial charge in [-0.05, 0) is 36.6 Å². The van der Waals surface area contributed by atoms with Gasteiger partial charge in [0.2, 0.25) is 0 Å². The highest BCUT2D eigenvalue weighted by molar-refractivity contribution is 7.18. The first-order chi connectivity index (χ1) is 13.4. The molecule has 0 aliphatic carbocycles. The average molecular weight is 401 g/mol. The molecule has 7 nitrogen and oxygen atoms in total. The zero-order valence-electron chi connectivity index (χ0n) is 16.3. The van der Waals surface area contributed by atoms with Gasteiger partial charge in [0, 0.05) is 10.4 Å². The SMILES string of the molecule is CCc1cc2c(=O)n(NC(=O)c3ccc(OCC(C)C)c(OC)c3)cnc2s1. The van der Waals surface area contributed by atoms with Crippen LogP contribution in [0, 0.1) is 5.92 Å². The Morgan fingerprint density at radius 3 is 2.75 bits per heavy atom. The highest BCUT2D eigenvalue weighted by Crippen LogP contribution is 2.28. The fourth-order valence-corrected chi connectivity index (χ4v) is 3.51. The van der Waals surface area contributed by atoms with Gasteiger partial charge in [-0.1, -0.05) is 20.8 Å². The van der Waals surface area contributed by atoms with Crippen LogP contribution in [-0.2, 0) is 6.42 Å². The van der Waals surface area contributed by atoms with E-state index in [1.165, 1.54) is 24.8 Å². The Bertz CT molecular complexity index is 1060. The predicted molar refractivity (Wildman–Crippen MR) is 110 cm³/mol. The van der Waals surface area contributed by atoms with Crippen molar-refractivity contribution >= 4 is 27.5 Å². The van der Waals surface area contributed by atoms with E-state index in [0.717, 1.165) is 16.0 Å². The smallest absolute Gasteiger partial charge is 0.280 e. The van der Waals surface area contributed by atoms with E-state index in [2.05, 4.69) is 10.4 Å².